The highest BCUT2D eigenvalue weighted by Crippen LogP contribution is 2.34. The molecule has 21 heavy (non-hydrogen) atoms. The van der Waals surface area contributed by atoms with Gasteiger partial charge in [0.05, 0.1) is 6.04 Å². The molecule has 110 valence electrons. The van der Waals surface area contributed by atoms with Crippen molar-refractivity contribution in [3.8, 4) is 17.2 Å². The molecule has 3 rings (SSSR count). The van der Waals surface area contributed by atoms with Crippen molar-refractivity contribution in [2.24, 2.45) is 5.73 Å². The summed E-state index contributed by atoms with van der Waals surface area (Å²) in [6, 6.07) is 7.97. The van der Waals surface area contributed by atoms with E-state index in [1.165, 1.54) is 6.07 Å². The second-order valence-electron chi connectivity index (χ2n) is 4.60. The molecule has 0 spiro atoms. The van der Waals surface area contributed by atoms with Crippen molar-refractivity contribution in [2.75, 3.05) is 13.4 Å². The van der Waals surface area contributed by atoms with E-state index in [0.29, 0.717) is 11.5 Å². The van der Waals surface area contributed by atoms with Gasteiger partial charge in [0, 0.05) is 6.07 Å². The lowest BCUT2D eigenvalue weighted by Gasteiger charge is -2.14. The molecule has 1 aliphatic heterocycles. The van der Waals surface area contributed by atoms with Crippen molar-refractivity contribution >= 4 is 0 Å². The second-order valence-corrected chi connectivity index (χ2v) is 4.60. The number of rotatable bonds is 4. The highest BCUT2D eigenvalue weighted by molar-refractivity contribution is 5.45. The molecular formula is C15H13F2NO3. The van der Waals surface area contributed by atoms with Crippen LogP contribution in [0.2, 0.25) is 0 Å². The van der Waals surface area contributed by atoms with E-state index in [4.69, 9.17) is 19.9 Å². The van der Waals surface area contributed by atoms with Crippen LogP contribution < -0.4 is 19.9 Å². The summed E-state index contributed by atoms with van der Waals surface area (Å²) < 4.78 is 42.0. The molecule has 0 fully saturated rings. The molecule has 0 saturated carbocycles. The Hall–Kier alpha value is -2.34. The van der Waals surface area contributed by atoms with Gasteiger partial charge in [0.15, 0.2) is 23.1 Å². The lowest BCUT2D eigenvalue weighted by atomic mass is 10.1. The molecule has 2 aromatic rings. The van der Waals surface area contributed by atoms with Gasteiger partial charge in [0.1, 0.15) is 12.4 Å². The summed E-state index contributed by atoms with van der Waals surface area (Å²) in [7, 11) is 0. The minimum Gasteiger partial charge on any atom is -0.489 e. The summed E-state index contributed by atoms with van der Waals surface area (Å²) in [4.78, 5) is 0. The molecule has 0 amide bonds. The first-order chi connectivity index (χ1) is 10.1. The summed E-state index contributed by atoms with van der Waals surface area (Å²) in [6.45, 7) is 0.244. The van der Waals surface area contributed by atoms with Crippen LogP contribution in [0.15, 0.2) is 36.4 Å². The predicted molar refractivity (Wildman–Crippen MR) is 71.3 cm³/mol. The van der Waals surface area contributed by atoms with Gasteiger partial charge in [-0.3, -0.25) is 0 Å². The second kappa shape index (κ2) is 5.57. The summed E-state index contributed by atoms with van der Waals surface area (Å²) in [5.41, 5.74) is 6.78. The first-order valence-corrected chi connectivity index (χ1v) is 6.36. The Kier molecular flexibility index (Phi) is 3.62. The summed E-state index contributed by atoms with van der Waals surface area (Å²) in [5.74, 6) is -0.159. The maximum atomic E-state index is 13.4. The molecule has 1 unspecified atom stereocenters. The molecule has 1 heterocycles. The number of nitrogens with two attached hydrogens (primary N) is 1. The summed E-state index contributed by atoms with van der Waals surface area (Å²) >= 11 is 0. The van der Waals surface area contributed by atoms with Crippen LogP contribution in [0.25, 0.3) is 0 Å². The van der Waals surface area contributed by atoms with E-state index in [2.05, 4.69) is 0 Å². The topological polar surface area (TPSA) is 53.7 Å². The van der Waals surface area contributed by atoms with E-state index in [9.17, 15) is 8.78 Å². The Morgan fingerprint density at radius 3 is 2.71 bits per heavy atom. The van der Waals surface area contributed by atoms with Crippen LogP contribution in [-0.2, 0) is 0 Å². The average molecular weight is 293 g/mol. The first kappa shape index (κ1) is 13.6. The van der Waals surface area contributed by atoms with Crippen LogP contribution in [-0.4, -0.2) is 13.4 Å². The third kappa shape index (κ3) is 2.90. The van der Waals surface area contributed by atoms with Crippen LogP contribution >= 0.6 is 0 Å². The zero-order valence-corrected chi connectivity index (χ0v) is 11.0. The van der Waals surface area contributed by atoms with Crippen LogP contribution in [0, 0.1) is 11.6 Å². The molecule has 0 saturated heterocycles. The number of hydrogen-bond acceptors (Lipinski definition) is 4. The highest BCUT2D eigenvalue weighted by atomic mass is 19.1. The van der Waals surface area contributed by atoms with E-state index in [1.54, 1.807) is 18.2 Å². The number of benzene rings is 2. The zero-order valence-electron chi connectivity index (χ0n) is 11.0. The summed E-state index contributed by atoms with van der Waals surface area (Å²) in [6.07, 6.45) is 0. The molecule has 0 radical (unpaired) electrons. The van der Waals surface area contributed by atoms with Gasteiger partial charge in [-0.2, -0.15) is 0 Å². The molecule has 2 N–H and O–H groups in total. The van der Waals surface area contributed by atoms with Crippen molar-refractivity contribution in [2.45, 2.75) is 6.04 Å². The fourth-order valence-corrected chi connectivity index (χ4v) is 2.01. The Bertz CT molecular complexity index is 663. The largest absolute Gasteiger partial charge is 0.489 e. The average Bonchev–Trinajstić information content (AvgIpc) is 2.93. The van der Waals surface area contributed by atoms with Crippen LogP contribution in [0.1, 0.15) is 11.6 Å². The Balaban J connectivity index is 1.67. The number of fused-ring (bicyclic) bond motifs is 1. The van der Waals surface area contributed by atoms with E-state index in [1.807, 2.05) is 0 Å². The molecule has 1 aliphatic rings. The van der Waals surface area contributed by atoms with Crippen LogP contribution in [0.3, 0.4) is 0 Å². The van der Waals surface area contributed by atoms with Gasteiger partial charge in [-0.1, -0.05) is 6.07 Å². The monoisotopic (exact) mass is 293 g/mol. The molecule has 6 heteroatoms. The maximum absolute atomic E-state index is 13.4. The van der Waals surface area contributed by atoms with Crippen molar-refractivity contribution in [1.29, 1.82) is 0 Å². The van der Waals surface area contributed by atoms with E-state index >= 15 is 0 Å². The van der Waals surface area contributed by atoms with Gasteiger partial charge in [-0.25, -0.2) is 8.78 Å². The third-order valence-electron chi connectivity index (χ3n) is 3.14. The minimum atomic E-state index is -0.757. The van der Waals surface area contributed by atoms with E-state index in [-0.39, 0.29) is 19.1 Å². The SMILES string of the molecule is NC(COc1ccc(F)cc1F)c1ccc2c(c1)OCO2. The molecule has 0 aliphatic carbocycles. The number of halogens is 2. The van der Waals surface area contributed by atoms with Gasteiger partial charge in [0.25, 0.3) is 0 Å². The highest BCUT2D eigenvalue weighted by Gasteiger charge is 2.16. The van der Waals surface area contributed by atoms with E-state index < -0.39 is 17.7 Å². The summed E-state index contributed by atoms with van der Waals surface area (Å²) in [5, 5.41) is 0. The Morgan fingerprint density at radius 1 is 1.10 bits per heavy atom. The minimum absolute atomic E-state index is 0.0346. The fraction of sp³-hybridized carbons (Fsp3) is 0.200. The fourth-order valence-electron chi connectivity index (χ4n) is 2.01. The molecule has 0 aromatic heterocycles. The van der Waals surface area contributed by atoms with Gasteiger partial charge < -0.3 is 19.9 Å². The normalized spacial score (nSPS) is 14.0. The maximum Gasteiger partial charge on any atom is 0.231 e. The lowest BCUT2D eigenvalue weighted by molar-refractivity contribution is 0.174. The van der Waals surface area contributed by atoms with Gasteiger partial charge in [-0.15, -0.1) is 0 Å². The molecule has 0 bridgehead atoms. The van der Waals surface area contributed by atoms with Crippen molar-refractivity contribution in [3.63, 3.8) is 0 Å². The van der Waals surface area contributed by atoms with Gasteiger partial charge >= 0.3 is 0 Å². The van der Waals surface area contributed by atoms with Gasteiger partial charge in [-0.05, 0) is 29.8 Å². The third-order valence-corrected chi connectivity index (χ3v) is 3.14. The van der Waals surface area contributed by atoms with Crippen molar-refractivity contribution < 1.29 is 23.0 Å². The molecule has 2 aromatic carbocycles. The quantitative estimate of drug-likeness (QED) is 0.941. The molecule has 1 atom stereocenters. The molecule has 4 nitrogen and oxygen atoms in total. The number of ether oxygens (including phenoxy) is 3. The smallest absolute Gasteiger partial charge is 0.231 e. The van der Waals surface area contributed by atoms with Crippen LogP contribution in [0.5, 0.6) is 17.2 Å². The standard InChI is InChI=1S/C15H13F2NO3/c16-10-2-4-13(11(17)6-10)19-7-12(18)9-1-3-14-15(5-9)21-8-20-14/h1-6,12H,7-8,18H2. The Labute approximate surface area is 120 Å². The van der Waals surface area contributed by atoms with Crippen LogP contribution in [0.4, 0.5) is 8.78 Å². The van der Waals surface area contributed by atoms with Crippen molar-refractivity contribution in [3.05, 3.63) is 53.6 Å². The molecular weight excluding hydrogens is 280 g/mol. The first-order valence-electron chi connectivity index (χ1n) is 6.36. The zero-order chi connectivity index (χ0) is 14.8. The van der Waals surface area contributed by atoms with E-state index in [0.717, 1.165) is 17.7 Å². The number of hydrogen-bond donors (Lipinski definition) is 1. The van der Waals surface area contributed by atoms with Crippen molar-refractivity contribution in [1.82, 2.24) is 0 Å². The Morgan fingerprint density at radius 2 is 1.90 bits per heavy atom. The predicted octanol–water partition coefficient (Wildman–Crippen LogP) is 2.77. The lowest BCUT2D eigenvalue weighted by Crippen LogP contribution is -2.19. The van der Waals surface area contributed by atoms with Gasteiger partial charge in [0.2, 0.25) is 6.79 Å².